The molecule has 0 aliphatic rings. The van der Waals surface area contributed by atoms with Crippen LogP contribution < -0.4 is 9.47 Å². The second-order valence-electron chi connectivity index (χ2n) is 5.17. The Morgan fingerprint density at radius 3 is 2.64 bits per heavy atom. The molecular weight excluding hydrogens is 344 g/mol. The van der Waals surface area contributed by atoms with E-state index in [0.29, 0.717) is 27.6 Å². The van der Waals surface area contributed by atoms with E-state index in [1.54, 1.807) is 49.4 Å². The van der Waals surface area contributed by atoms with Crippen molar-refractivity contribution in [1.82, 2.24) is 9.97 Å². The molecule has 0 saturated carbocycles. The third-order valence-corrected chi connectivity index (χ3v) is 3.62. The molecule has 3 rings (SSSR count). The van der Waals surface area contributed by atoms with Crippen LogP contribution in [0, 0.1) is 0 Å². The van der Waals surface area contributed by atoms with Gasteiger partial charge in [0.15, 0.2) is 17.6 Å². The van der Waals surface area contributed by atoms with Crippen molar-refractivity contribution in [3.05, 3.63) is 53.7 Å². The van der Waals surface area contributed by atoms with Crippen LogP contribution in [0.1, 0.15) is 6.92 Å². The smallest absolute Gasteiger partial charge is 0.346 e. The molecule has 0 radical (unpaired) electrons. The highest BCUT2D eigenvalue weighted by molar-refractivity contribution is 6.31. The topological polar surface area (TPSA) is 70.5 Å². The van der Waals surface area contributed by atoms with Crippen molar-refractivity contribution in [1.29, 1.82) is 0 Å². The van der Waals surface area contributed by atoms with Gasteiger partial charge in [0, 0.05) is 5.02 Å². The van der Waals surface area contributed by atoms with Gasteiger partial charge in [-0.3, -0.25) is 0 Å². The van der Waals surface area contributed by atoms with Crippen LogP contribution in [0.4, 0.5) is 0 Å². The summed E-state index contributed by atoms with van der Waals surface area (Å²) in [4.78, 5) is 20.2. The zero-order valence-corrected chi connectivity index (χ0v) is 14.4. The standard InChI is InChI=1S/C18H15ClN2O4/c1-11(18(22)23-2)24-15-5-3-4-6-16(15)25-17-10-20-13-8-7-12(19)9-14(13)21-17/h3-11H,1-2H3. The van der Waals surface area contributed by atoms with Crippen molar-refractivity contribution >= 4 is 28.6 Å². The second-order valence-corrected chi connectivity index (χ2v) is 5.61. The lowest BCUT2D eigenvalue weighted by Crippen LogP contribution is -2.25. The molecule has 2 aromatic carbocycles. The van der Waals surface area contributed by atoms with E-state index in [2.05, 4.69) is 14.7 Å². The highest BCUT2D eigenvalue weighted by atomic mass is 35.5. The van der Waals surface area contributed by atoms with E-state index in [-0.39, 0.29) is 5.88 Å². The summed E-state index contributed by atoms with van der Waals surface area (Å²) in [6, 6.07) is 12.2. The normalized spacial score (nSPS) is 11.8. The molecule has 0 bridgehead atoms. The molecule has 1 aromatic heterocycles. The predicted octanol–water partition coefficient (Wildman–Crippen LogP) is 4.02. The quantitative estimate of drug-likeness (QED) is 0.642. The second kappa shape index (κ2) is 7.36. The molecule has 3 aromatic rings. The Bertz CT molecular complexity index is 916. The molecule has 1 atom stereocenters. The van der Waals surface area contributed by atoms with E-state index in [4.69, 9.17) is 21.1 Å². The summed E-state index contributed by atoms with van der Waals surface area (Å²) in [6.45, 7) is 1.60. The van der Waals surface area contributed by atoms with E-state index >= 15 is 0 Å². The first-order valence-corrected chi connectivity index (χ1v) is 7.88. The number of rotatable bonds is 5. The van der Waals surface area contributed by atoms with Crippen molar-refractivity contribution in [2.45, 2.75) is 13.0 Å². The number of aromatic nitrogens is 2. The maximum absolute atomic E-state index is 11.5. The maximum atomic E-state index is 11.5. The number of para-hydroxylation sites is 2. The minimum absolute atomic E-state index is 0.288. The fourth-order valence-corrected chi connectivity index (χ4v) is 2.33. The lowest BCUT2D eigenvalue weighted by atomic mass is 10.3. The molecule has 25 heavy (non-hydrogen) atoms. The number of halogens is 1. The Labute approximate surface area is 149 Å². The van der Waals surface area contributed by atoms with Gasteiger partial charge in [-0.2, -0.15) is 0 Å². The molecule has 1 heterocycles. The average Bonchev–Trinajstić information content (AvgIpc) is 2.62. The van der Waals surface area contributed by atoms with Gasteiger partial charge in [-0.05, 0) is 37.3 Å². The minimum atomic E-state index is -0.767. The molecule has 0 spiro atoms. The molecule has 0 aliphatic carbocycles. The van der Waals surface area contributed by atoms with Gasteiger partial charge in [0.1, 0.15) is 0 Å². The van der Waals surface area contributed by atoms with Crippen molar-refractivity contribution in [2.24, 2.45) is 0 Å². The van der Waals surface area contributed by atoms with Crippen molar-refractivity contribution < 1.29 is 19.0 Å². The van der Waals surface area contributed by atoms with Crippen LogP contribution in [0.25, 0.3) is 11.0 Å². The molecule has 128 valence electrons. The van der Waals surface area contributed by atoms with E-state index in [1.807, 2.05) is 0 Å². The summed E-state index contributed by atoms with van der Waals surface area (Å²) < 4.78 is 16.0. The molecule has 0 aliphatic heterocycles. The number of hydrogen-bond acceptors (Lipinski definition) is 6. The molecule has 0 N–H and O–H groups in total. The first-order chi connectivity index (χ1) is 12.1. The van der Waals surface area contributed by atoms with Crippen LogP contribution in [-0.4, -0.2) is 29.2 Å². The molecule has 0 fully saturated rings. The van der Waals surface area contributed by atoms with Gasteiger partial charge < -0.3 is 14.2 Å². The summed E-state index contributed by atoms with van der Waals surface area (Å²) in [5.41, 5.74) is 1.33. The SMILES string of the molecule is COC(=O)C(C)Oc1ccccc1Oc1cnc2ccc(Cl)cc2n1. The summed E-state index contributed by atoms with van der Waals surface area (Å²) in [6.07, 6.45) is 0.743. The van der Waals surface area contributed by atoms with Crippen LogP contribution in [-0.2, 0) is 9.53 Å². The average molecular weight is 359 g/mol. The number of carbonyl (C=O) groups excluding carboxylic acids is 1. The molecule has 1 unspecified atom stereocenters. The fraction of sp³-hybridized carbons (Fsp3) is 0.167. The molecule has 7 heteroatoms. The highest BCUT2D eigenvalue weighted by Gasteiger charge is 2.17. The fourth-order valence-electron chi connectivity index (χ4n) is 2.17. The van der Waals surface area contributed by atoms with Gasteiger partial charge in [-0.1, -0.05) is 23.7 Å². The highest BCUT2D eigenvalue weighted by Crippen LogP contribution is 2.31. The van der Waals surface area contributed by atoms with Crippen molar-refractivity contribution in [3.63, 3.8) is 0 Å². The lowest BCUT2D eigenvalue weighted by molar-refractivity contribution is -0.147. The van der Waals surface area contributed by atoms with Gasteiger partial charge in [0.25, 0.3) is 0 Å². The van der Waals surface area contributed by atoms with Crippen LogP contribution in [0.5, 0.6) is 17.4 Å². The third-order valence-electron chi connectivity index (χ3n) is 3.38. The van der Waals surface area contributed by atoms with Gasteiger partial charge in [-0.25, -0.2) is 14.8 Å². The summed E-state index contributed by atoms with van der Waals surface area (Å²) in [5.74, 6) is 0.619. The largest absolute Gasteiger partial charge is 0.475 e. The molecular formula is C18H15ClN2O4. The number of carbonyl (C=O) groups is 1. The Morgan fingerprint density at radius 2 is 1.88 bits per heavy atom. The zero-order valence-electron chi connectivity index (χ0n) is 13.6. The number of ether oxygens (including phenoxy) is 3. The van der Waals surface area contributed by atoms with Crippen molar-refractivity contribution in [3.8, 4) is 17.4 Å². The third kappa shape index (κ3) is 3.97. The van der Waals surface area contributed by atoms with E-state index in [9.17, 15) is 4.79 Å². The number of methoxy groups -OCH3 is 1. The Kier molecular flexibility index (Phi) is 5.00. The zero-order chi connectivity index (χ0) is 17.8. The number of fused-ring (bicyclic) bond motifs is 1. The summed E-state index contributed by atoms with van der Waals surface area (Å²) in [7, 11) is 1.31. The van der Waals surface area contributed by atoms with Gasteiger partial charge >= 0.3 is 5.97 Å². The molecule has 6 nitrogen and oxygen atoms in total. The Hall–Kier alpha value is -2.86. The lowest BCUT2D eigenvalue weighted by Gasteiger charge is -2.15. The summed E-state index contributed by atoms with van der Waals surface area (Å²) >= 11 is 5.98. The van der Waals surface area contributed by atoms with E-state index in [0.717, 1.165) is 0 Å². The van der Waals surface area contributed by atoms with Gasteiger partial charge in [0.2, 0.25) is 5.88 Å². The summed E-state index contributed by atoms with van der Waals surface area (Å²) in [5, 5.41) is 0.564. The number of benzene rings is 2. The minimum Gasteiger partial charge on any atom is -0.475 e. The first-order valence-electron chi connectivity index (χ1n) is 7.50. The Balaban J connectivity index is 1.86. The number of nitrogens with zero attached hydrogens (tertiary/aromatic N) is 2. The maximum Gasteiger partial charge on any atom is 0.346 e. The van der Waals surface area contributed by atoms with Crippen LogP contribution >= 0.6 is 11.6 Å². The van der Waals surface area contributed by atoms with Crippen molar-refractivity contribution in [2.75, 3.05) is 7.11 Å². The van der Waals surface area contributed by atoms with Crippen LogP contribution in [0.2, 0.25) is 5.02 Å². The molecule has 0 saturated heterocycles. The number of esters is 1. The molecule has 0 amide bonds. The monoisotopic (exact) mass is 358 g/mol. The Morgan fingerprint density at radius 1 is 1.12 bits per heavy atom. The van der Waals surface area contributed by atoms with E-state index < -0.39 is 12.1 Å². The first kappa shape index (κ1) is 17.0. The number of hydrogen-bond donors (Lipinski definition) is 0. The van der Waals surface area contributed by atoms with Gasteiger partial charge in [0.05, 0.1) is 24.3 Å². The van der Waals surface area contributed by atoms with Crippen LogP contribution in [0.3, 0.4) is 0 Å². The predicted molar refractivity (Wildman–Crippen MR) is 93.2 cm³/mol. The van der Waals surface area contributed by atoms with E-state index in [1.165, 1.54) is 13.3 Å². The van der Waals surface area contributed by atoms with Crippen LogP contribution in [0.15, 0.2) is 48.7 Å². The van der Waals surface area contributed by atoms with Gasteiger partial charge in [-0.15, -0.1) is 0 Å².